The Labute approximate surface area is 101 Å². The second-order valence-corrected chi connectivity index (χ2v) is 4.43. The van der Waals surface area contributed by atoms with Crippen molar-refractivity contribution in [3.8, 4) is 0 Å². The van der Waals surface area contributed by atoms with Crippen LogP contribution in [0.5, 0.6) is 0 Å². The first-order valence-electron chi connectivity index (χ1n) is 3.49. The summed E-state index contributed by atoms with van der Waals surface area (Å²) in [5, 5.41) is 17.8. The third-order valence-corrected chi connectivity index (χ3v) is 4.15. The SMILES string of the molecule is O=C(O)C(O)c1c(F)ccc(Br)c1I. The molecule has 2 N–H and O–H groups in total. The summed E-state index contributed by atoms with van der Waals surface area (Å²) in [4.78, 5) is 10.5. The molecule has 0 aliphatic heterocycles. The molecule has 1 aromatic rings. The summed E-state index contributed by atoms with van der Waals surface area (Å²) in [5.41, 5.74) is -0.215. The van der Waals surface area contributed by atoms with Gasteiger partial charge in [-0.2, -0.15) is 0 Å². The smallest absolute Gasteiger partial charge is 0.337 e. The molecule has 1 unspecified atom stereocenters. The van der Waals surface area contributed by atoms with Gasteiger partial charge in [-0.3, -0.25) is 0 Å². The van der Waals surface area contributed by atoms with Gasteiger partial charge in [0.05, 0.1) is 0 Å². The van der Waals surface area contributed by atoms with Crippen LogP contribution >= 0.6 is 38.5 Å². The standard InChI is InChI=1S/C8H5BrFIO3/c9-3-1-2-4(10)5(6(3)11)7(12)8(13)14/h1-2,7,12H,(H,13,14). The number of carboxylic acids is 1. The molecule has 14 heavy (non-hydrogen) atoms. The lowest BCUT2D eigenvalue weighted by Crippen LogP contribution is -2.14. The molecule has 0 saturated carbocycles. The van der Waals surface area contributed by atoms with Crippen LogP contribution in [-0.2, 0) is 4.79 Å². The van der Waals surface area contributed by atoms with Crippen molar-refractivity contribution in [2.75, 3.05) is 0 Å². The van der Waals surface area contributed by atoms with E-state index < -0.39 is 17.9 Å². The lowest BCUT2D eigenvalue weighted by atomic mass is 10.1. The molecule has 1 atom stereocenters. The molecule has 0 aromatic heterocycles. The summed E-state index contributed by atoms with van der Waals surface area (Å²) in [6.45, 7) is 0. The summed E-state index contributed by atoms with van der Waals surface area (Å²) < 4.78 is 14.1. The zero-order valence-electron chi connectivity index (χ0n) is 6.67. The van der Waals surface area contributed by atoms with Gasteiger partial charge in [-0.15, -0.1) is 0 Å². The Morgan fingerprint density at radius 3 is 2.64 bits per heavy atom. The molecule has 1 rings (SSSR count). The third-order valence-electron chi connectivity index (χ3n) is 1.59. The predicted octanol–water partition coefficient (Wildman–Crippen LogP) is 2.31. The van der Waals surface area contributed by atoms with Crippen LogP contribution in [0.1, 0.15) is 11.7 Å². The number of carbonyl (C=O) groups is 1. The van der Waals surface area contributed by atoms with E-state index in [9.17, 15) is 14.3 Å². The van der Waals surface area contributed by atoms with E-state index in [0.717, 1.165) is 6.07 Å². The second-order valence-electron chi connectivity index (χ2n) is 2.50. The highest BCUT2D eigenvalue weighted by atomic mass is 127. The van der Waals surface area contributed by atoms with Crippen LogP contribution in [0.4, 0.5) is 4.39 Å². The van der Waals surface area contributed by atoms with E-state index in [2.05, 4.69) is 15.9 Å². The molecule has 0 amide bonds. The van der Waals surface area contributed by atoms with E-state index in [1.165, 1.54) is 6.07 Å². The van der Waals surface area contributed by atoms with Gasteiger partial charge in [-0.25, -0.2) is 9.18 Å². The van der Waals surface area contributed by atoms with Crippen LogP contribution in [0, 0.1) is 9.39 Å². The minimum atomic E-state index is -1.83. The fourth-order valence-electron chi connectivity index (χ4n) is 0.917. The van der Waals surface area contributed by atoms with Crippen LogP contribution < -0.4 is 0 Å². The largest absolute Gasteiger partial charge is 0.479 e. The maximum atomic E-state index is 13.2. The molecule has 0 heterocycles. The van der Waals surface area contributed by atoms with Gasteiger partial charge in [0.15, 0.2) is 6.10 Å². The van der Waals surface area contributed by atoms with Crippen molar-refractivity contribution < 1.29 is 19.4 Å². The molecule has 0 radical (unpaired) electrons. The molecule has 0 spiro atoms. The highest BCUT2D eigenvalue weighted by Crippen LogP contribution is 2.29. The molecule has 0 fully saturated rings. The van der Waals surface area contributed by atoms with Gasteiger partial charge in [0.1, 0.15) is 5.82 Å². The molecular weight excluding hydrogens is 370 g/mol. The first-order valence-corrected chi connectivity index (χ1v) is 5.36. The topological polar surface area (TPSA) is 57.5 Å². The second kappa shape index (κ2) is 4.54. The van der Waals surface area contributed by atoms with Gasteiger partial charge in [0.25, 0.3) is 0 Å². The Hall–Kier alpha value is -0.210. The molecule has 3 nitrogen and oxygen atoms in total. The van der Waals surface area contributed by atoms with E-state index in [4.69, 9.17) is 5.11 Å². The number of aliphatic hydroxyl groups excluding tert-OH is 1. The highest BCUT2D eigenvalue weighted by Gasteiger charge is 2.23. The Morgan fingerprint density at radius 1 is 1.57 bits per heavy atom. The van der Waals surface area contributed by atoms with Crippen molar-refractivity contribution in [2.45, 2.75) is 6.10 Å². The number of carboxylic acid groups (broad SMARTS) is 1. The van der Waals surface area contributed by atoms with Gasteiger partial charge in [0, 0.05) is 13.6 Å². The van der Waals surface area contributed by atoms with Crippen LogP contribution in [0.3, 0.4) is 0 Å². The lowest BCUT2D eigenvalue weighted by molar-refractivity contribution is -0.147. The van der Waals surface area contributed by atoms with Crippen molar-refractivity contribution >= 4 is 44.5 Å². The molecule has 0 aliphatic carbocycles. The quantitative estimate of drug-likeness (QED) is 0.617. The summed E-state index contributed by atoms with van der Waals surface area (Å²) in [6.07, 6.45) is -1.83. The molecular formula is C8H5BrFIO3. The Morgan fingerprint density at radius 2 is 2.14 bits per heavy atom. The van der Waals surface area contributed by atoms with Crippen molar-refractivity contribution in [3.63, 3.8) is 0 Å². The molecule has 0 bridgehead atoms. The number of halogens is 3. The van der Waals surface area contributed by atoms with Gasteiger partial charge in [0.2, 0.25) is 0 Å². The average molecular weight is 375 g/mol. The van der Waals surface area contributed by atoms with Gasteiger partial charge >= 0.3 is 5.97 Å². The summed E-state index contributed by atoms with van der Waals surface area (Å²) in [6, 6.07) is 2.56. The molecule has 0 aliphatic rings. The number of rotatable bonds is 2. The van der Waals surface area contributed by atoms with E-state index >= 15 is 0 Å². The number of benzene rings is 1. The average Bonchev–Trinajstić information content (AvgIpc) is 2.12. The van der Waals surface area contributed by atoms with Crippen molar-refractivity contribution in [1.82, 2.24) is 0 Å². The molecule has 6 heteroatoms. The Kier molecular flexibility index (Phi) is 3.85. The zero-order valence-corrected chi connectivity index (χ0v) is 10.4. The maximum Gasteiger partial charge on any atom is 0.337 e. The predicted molar refractivity (Wildman–Crippen MR) is 59.4 cm³/mol. The number of aliphatic hydroxyl groups is 1. The first-order chi connectivity index (χ1) is 6.45. The normalized spacial score (nSPS) is 12.6. The van der Waals surface area contributed by atoms with Gasteiger partial charge in [-0.1, -0.05) is 0 Å². The first kappa shape index (κ1) is 11.9. The van der Waals surface area contributed by atoms with E-state index in [1.807, 2.05) is 0 Å². The summed E-state index contributed by atoms with van der Waals surface area (Å²) >= 11 is 4.89. The Bertz CT molecular complexity index is 383. The molecule has 0 saturated heterocycles. The van der Waals surface area contributed by atoms with Crippen LogP contribution in [0.2, 0.25) is 0 Å². The minimum absolute atomic E-state index is 0.215. The molecule has 1 aromatic carbocycles. The van der Waals surface area contributed by atoms with Crippen LogP contribution in [0.25, 0.3) is 0 Å². The van der Waals surface area contributed by atoms with Crippen molar-refractivity contribution in [1.29, 1.82) is 0 Å². The minimum Gasteiger partial charge on any atom is -0.479 e. The van der Waals surface area contributed by atoms with E-state index in [-0.39, 0.29) is 5.56 Å². The fourth-order valence-corrected chi connectivity index (χ4v) is 2.00. The number of hydrogen-bond donors (Lipinski definition) is 2. The lowest BCUT2D eigenvalue weighted by Gasteiger charge is -2.10. The highest BCUT2D eigenvalue weighted by molar-refractivity contribution is 14.1. The fraction of sp³-hybridized carbons (Fsp3) is 0.125. The monoisotopic (exact) mass is 374 g/mol. The van der Waals surface area contributed by atoms with E-state index in [1.54, 1.807) is 22.6 Å². The maximum absolute atomic E-state index is 13.2. The van der Waals surface area contributed by atoms with Crippen molar-refractivity contribution in [3.05, 3.63) is 31.6 Å². The molecule has 76 valence electrons. The summed E-state index contributed by atoms with van der Waals surface area (Å²) in [7, 11) is 0. The Balaban J connectivity index is 3.32. The van der Waals surface area contributed by atoms with Gasteiger partial charge < -0.3 is 10.2 Å². The van der Waals surface area contributed by atoms with Gasteiger partial charge in [-0.05, 0) is 50.7 Å². The zero-order chi connectivity index (χ0) is 10.9. The van der Waals surface area contributed by atoms with Crippen LogP contribution in [-0.4, -0.2) is 16.2 Å². The van der Waals surface area contributed by atoms with E-state index in [0.29, 0.717) is 8.04 Å². The third kappa shape index (κ3) is 2.23. The number of hydrogen-bond acceptors (Lipinski definition) is 2. The number of aliphatic carboxylic acids is 1. The van der Waals surface area contributed by atoms with Crippen LogP contribution in [0.15, 0.2) is 16.6 Å². The summed E-state index contributed by atoms with van der Waals surface area (Å²) in [5.74, 6) is -2.20. The van der Waals surface area contributed by atoms with Crippen molar-refractivity contribution in [2.24, 2.45) is 0 Å².